The summed E-state index contributed by atoms with van der Waals surface area (Å²) < 4.78 is 0.957. The van der Waals surface area contributed by atoms with Crippen LogP contribution >= 0.6 is 15.9 Å². The van der Waals surface area contributed by atoms with E-state index in [1.807, 2.05) is 24.5 Å². The topological polar surface area (TPSA) is 49.8 Å². The maximum absolute atomic E-state index is 4.43. The normalized spacial score (nSPS) is 14.8. The Labute approximate surface area is 121 Å². The minimum Gasteiger partial charge on any atom is -0.383 e. The molecule has 100 valence electrons. The zero-order valence-electron chi connectivity index (χ0n) is 10.7. The first kappa shape index (κ1) is 12.8. The summed E-state index contributed by atoms with van der Waals surface area (Å²) in [5.41, 5.74) is 2.90. The van der Waals surface area contributed by atoms with E-state index in [0.29, 0.717) is 0 Å². The molecule has 0 amide bonds. The van der Waals surface area contributed by atoms with Crippen LogP contribution in [-0.2, 0) is 0 Å². The van der Waals surface area contributed by atoms with Gasteiger partial charge in [0.25, 0.3) is 0 Å². The van der Waals surface area contributed by atoms with Crippen molar-refractivity contribution in [2.45, 2.75) is 25.3 Å². The summed E-state index contributed by atoms with van der Waals surface area (Å²) in [4.78, 5) is 8.76. The van der Waals surface area contributed by atoms with Gasteiger partial charge in [0.1, 0.15) is 5.52 Å². The monoisotopic (exact) mass is 320 g/mol. The molecule has 0 aromatic carbocycles. The van der Waals surface area contributed by atoms with Crippen molar-refractivity contribution in [3.05, 3.63) is 29.0 Å². The van der Waals surface area contributed by atoms with Gasteiger partial charge >= 0.3 is 0 Å². The van der Waals surface area contributed by atoms with Gasteiger partial charge in [-0.3, -0.25) is 9.97 Å². The summed E-state index contributed by atoms with van der Waals surface area (Å²) in [5.74, 6) is 0. The van der Waals surface area contributed by atoms with E-state index < -0.39 is 0 Å². The van der Waals surface area contributed by atoms with Gasteiger partial charge in [-0.2, -0.15) is 0 Å². The second-order valence-corrected chi connectivity index (χ2v) is 5.80. The molecule has 3 rings (SSSR count). The Morgan fingerprint density at radius 3 is 3.00 bits per heavy atom. The molecule has 1 saturated carbocycles. The lowest BCUT2D eigenvalue weighted by atomic mass is 10.2. The first-order chi connectivity index (χ1) is 9.33. The van der Waals surface area contributed by atoms with Gasteiger partial charge in [-0.05, 0) is 53.9 Å². The van der Waals surface area contributed by atoms with Crippen molar-refractivity contribution in [3.63, 3.8) is 0 Å². The molecule has 2 heterocycles. The Kier molecular flexibility index (Phi) is 3.94. The lowest BCUT2D eigenvalue weighted by molar-refractivity contribution is 0.659. The Morgan fingerprint density at radius 1 is 1.26 bits per heavy atom. The van der Waals surface area contributed by atoms with Crippen molar-refractivity contribution in [3.8, 4) is 0 Å². The number of halogens is 1. The SMILES string of the molecule is Brc1cnc2c(NCCCNC3CC3)ccnc2c1. The number of rotatable bonds is 6. The molecular weight excluding hydrogens is 304 g/mol. The van der Waals surface area contributed by atoms with Crippen LogP contribution in [0.15, 0.2) is 29.0 Å². The van der Waals surface area contributed by atoms with Gasteiger partial charge in [0.2, 0.25) is 0 Å². The van der Waals surface area contributed by atoms with Crippen molar-refractivity contribution >= 4 is 32.7 Å². The molecule has 0 unspecified atom stereocenters. The van der Waals surface area contributed by atoms with Gasteiger partial charge in [0.05, 0.1) is 11.2 Å². The first-order valence-electron chi connectivity index (χ1n) is 6.70. The highest BCUT2D eigenvalue weighted by Crippen LogP contribution is 2.22. The van der Waals surface area contributed by atoms with Gasteiger partial charge < -0.3 is 10.6 Å². The lowest BCUT2D eigenvalue weighted by Gasteiger charge is -2.09. The molecule has 2 N–H and O–H groups in total. The van der Waals surface area contributed by atoms with E-state index in [0.717, 1.165) is 46.7 Å². The number of hydrogen-bond donors (Lipinski definition) is 2. The zero-order valence-corrected chi connectivity index (χ0v) is 12.3. The Hall–Kier alpha value is -1.20. The van der Waals surface area contributed by atoms with Crippen LogP contribution in [0.5, 0.6) is 0 Å². The number of aromatic nitrogens is 2. The molecule has 0 atom stereocenters. The fraction of sp³-hybridized carbons (Fsp3) is 0.429. The van der Waals surface area contributed by atoms with Gasteiger partial charge in [-0.15, -0.1) is 0 Å². The summed E-state index contributed by atoms with van der Waals surface area (Å²) in [7, 11) is 0. The number of anilines is 1. The second-order valence-electron chi connectivity index (χ2n) is 4.89. The molecule has 0 aliphatic heterocycles. The molecule has 4 nitrogen and oxygen atoms in total. The van der Waals surface area contributed by atoms with Crippen LogP contribution in [-0.4, -0.2) is 29.1 Å². The highest BCUT2D eigenvalue weighted by atomic mass is 79.9. The third-order valence-corrected chi connectivity index (χ3v) is 3.66. The summed E-state index contributed by atoms with van der Waals surface area (Å²) in [5, 5.41) is 6.96. The predicted octanol–water partition coefficient (Wildman–Crippen LogP) is 2.95. The molecule has 19 heavy (non-hydrogen) atoms. The number of hydrogen-bond acceptors (Lipinski definition) is 4. The Balaban J connectivity index is 1.60. The molecule has 2 aromatic heterocycles. The quantitative estimate of drug-likeness (QED) is 0.803. The average Bonchev–Trinajstić information content (AvgIpc) is 3.22. The molecule has 2 aromatic rings. The van der Waals surface area contributed by atoms with Crippen LogP contribution in [0, 0.1) is 0 Å². The van der Waals surface area contributed by atoms with Crippen molar-refractivity contribution < 1.29 is 0 Å². The fourth-order valence-corrected chi connectivity index (χ4v) is 2.37. The smallest absolute Gasteiger partial charge is 0.112 e. The van der Waals surface area contributed by atoms with Gasteiger partial charge in [-0.1, -0.05) is 0 Å². The molecule has 5 heteroatoms. The van der Waals surface area contributed by atoms with E-state index in [1.165, 1.54) is 12.8 Å². The molecular formula is C14H17BrN4. The number of nitrogens with zero attached hydrogens (tertiary/aromatic N) is 2. The highest BCUT2D eigenvalue weighted by molar-refractivity contribution is 9.10. The molecule has 0 bridgehead atoms. The third kappa shape index (κ3) is 3.42. The second kappa shape index (κ2) is 5.84. The predicted molar refractivity (Wildman–Crippen MR) is 81.4 cm³/mol. The Bertz CT molecular complexity index is 568. The average molecular weight is 321 g/mol. The van der Waals surface area contributed by atoms with Crippen LogP contribution in [0.4, 0.5) is 5.69 Å². The van der Waals surface area contributed by atoms with E-state index in [2.05, 4.69) is 36.5 Å². The maximum atomic E-state index is 4.43. The van der Waals surface area contributed by atoms with E-state index >= 15 is 0 Å². The standard InChI is InChI=1S/C14H17BrN4/c15-10-8-13-14(19-9-10)12(4-7-18-13)17-6-1-5-16-11-2-3-11/h4,7-9,11,16H,1-3,5-6H2,(H,17,18). The van der Waals surface area contributed by atoms with E-state index in [9.17, 15) is 0 Å². The van der Waals surface area contributed by atoms with Gasteiger partial charge in [-0.25, -0.2) is 0 Å². The molecule has 1 aliphatic carbocycles. The minimum atomic E-state index is 0.792. The number of fused-ring (bicyclic) bond motifs is 1. The fourth-order valence-electron chi connectivity index (χ4n) is 2.05. The summed E-state index contributed by atoms with van der Waals surface area (Å²) in [6.45, 7) is 2.04. The van der Waals surface area contributed by atoms with Gasteiger partial charge in [0.15, 0.2) is 0 Å². The summed E-state index contributed by atoms with van der Waals surface area (Å²) in [6, 6.07) is 4.76. The van der Waals surface area contributed by atoms with Gasteiger partial charge in [0, 0.05) is 29.5 Å². The summed E-state index contributed by atoms with van der Waals surface area (Å²) >= 11 is 3.42. The van der Waals surface area contributed by atoms with Crippen LogP contribution in [0.25, 0.3) is 11.0 Å². The van der Waals surface area contributed by atoms with Crippen LogP contribution in [0.1, 0.15) is 19.3 Å². The van der Waals surface area contributed by atoms with Crippen molar-refractivity contribution in [1.29, 1.82) is 0 Å². The molecule has 0 spiro atoms. The molecule has 1 aliphatic rings. The molecule has 1 fully saturated rings. The van der Waals surface area contributed by atoms with E-state index in [4.69, 9.17) is 0 Å². The highest BCUT2D eigenvalue weighted by Gasteiger charge is 2.19. The third-order valence-electron chi connectivity index (χ3n) is 3.22. The van der Waals surface area contributed by atoms with Crippen molar-refractivity contribution in [1.82, 2.24) is 15.3 Å². The van der Waals surface area contributed by atoms with Crippen molar-refractivity contribution in [2.24, 2.45) is 0 Å². The zero-order chi connectivity index (χ0) is 13.1. The van der Waals surface area contributed by atoms with Crippen LogP contribution < -0.4 is 10.6 Å². The largest absolute Gasteiger partial charge is 0.383 e. The van der Waals surface area contributed by atoms with E-state index in [1.54, 1.807) is 0 Å². The van der Waals surface area contributed by atoms with Crippen molar-refractivity contribution in [2.75, 3.05) is 18.4 Å². The maximum Gasteiger partial charge on any atom is 0.112 e. The number of pyridine rings is 2. The lowest BCUT2D eigenvalue weighted by Crippen LogP contribution is -2.20. The molecule has 0 radical (unpaired) electrons. The first-order valence-corrected chi connectivity index (χ1v) is 7.50. The molecule has 0 saturated heterocycles. The van der Waals surface area contributed by atoms with Crippen LogP contribution in [0.2, 0.25) is 0 Å². The summed E-state index contributed by atoms with van der Waals surface area (Å²) in [6.07, 6.45) is 7.45. The van der Waals surface area contributed by atoms with E-state index in [-0.39, 0.29) is 0 Å². The Morgan fingerprint density at radius 2 is 2.16 bits per heavy atom. The van der Waals surface area contributed by atoms with Crippen LogP contribution in [0.3, 0.4) is 0 Å². The minimum absolute atomic E-state index is 0.792. The number of nitrogens with one attached hydrogen (secondary N) is 2.